The van der Waals surface area contributed by atoms with E-state index < -0.39 is 11.8 Å². The molecule has 0 aliphatic rings. The van der Waals surface area contributed by atoms with E-state index in [0.717, 1.165) is 5.01 Å². The average molecular weight is 200 g/mol. The first kappa shape index (κ1) is 9.62. The Hall–Kier alpha value is -1.47. The van der Waals surface area contributed by atoms with Crippen molar-refractivity contribution >= 4 is 23.2 Å². The minimum Gasteiger partial charge on any atom is -0.341 e. The molecule has 1 aromatic rings. The number of carbonyl (C=O) groups excluding carboxylic acids is 2. The van der Waals surface area contributed by atoms with Crippen molar-refractivity contribution in [1.29, 1.82) is 0 Å². The van der Waals surface area contributed by atoms with Crippen LogP contribution in [0.5, 0.6) is 0 Å². The van der Waals surface area contributed by atoms with Crippen molar-refractivity contribution in [3.05, 3.63) is 16.6 Å². The zero-order valence-corrected chi connectivity index (χ0v) is 7.43. The van der Waals surface area contributed by atoms with Gasteiger partial charge in [-0.25, -0.2) is 10.8 Å². The summed E-state index contributed by atoms with van der Waals surface area (Å²) in [5, 5.41) is 4.87. The average Bonchev–Trinajstić information content (AvgIpc) is 2.65. The summed E-state index contributed by atoms with van der Waals surface area (Å²) >= 11 is 1.40. The smallest absolute Gasteiger partial charge is 0.323 e. The predicted molar refractivity (Wildman–Crippen MR) is 46.3 cm³/mol. The third kappa shape index (κ3) is 2.80. The number of carbonyl (C=O) groups is 2. The highest BCUT2D eigenvalue weighted by Gasteiger charge is 2.10. The molecule has 7 heteroatoms. The second-order valence-electron chi connectivity index (χ2n) is 2.08. The van der Waals surface area contributed by atoms with Crippen LogP contribution in [0.3, 0.4) is 0 Å². The Morgan fingerprint density at radius 3 is 2.85 bits per heavy atom. The van der Waals surface area contributed by atoms with Crippen LogP contribution in [-0.4, -0.2) is 16.8 Å². The van der Waals surface area contributed by atoms with E-state index in [0.29, 0.717) is 0 Å². The third-order valence-corrected chi connectivity index (χ3v) is 2.00. The fraction of sp³-hybridized carbons (Fsp3) is 0.167. The van der Waals surface area contributed by atoms with Crippen LogP contribution in [0.15, 0.2) is 11.6 Å². The Balaban J connectivity index is 2.35. The lowest BCUT2D eigenvalue weighted by molar-refractivity contribution is -0.139. The molecule has 0 aliphatic heterocycles. The van der Waals surface area contributed by atoms with Gasteiger partial charge in [0.25, 0.3) is 0 Å². The molecular weight excluding hydrogens is 192 g/mol. The summed E-state index contributed by atoms with van der Waals surface area (Å²) in [5.41, 5.74) is 1.73. The van der Waals surface area contributed by atoms with Crippen LogP contribution in [0.4, 0.5) is 0 Å². The molecule has 0 bridgehead atoms. The maximum atomic E-state index is 10.8. The zero-order chi connectivity index (χ0) is 9.68. The van der Waals surface area contributed by atoms with Crippen LogP contribution < -0.4 is 16.6 Å². The molecule has 0 radical (unpaired) electrons. The van der Waals surface area contributed by atoms with Gasteiger partial charge in [0.05, 0.1) is 6.54 Å². The predicted octanol–water partition coefficient (Wildman–Crippen LogP) is -1.25. The van der Waals surface area contributed by atoms with E-state index in [1.54, 1.807) is 17.0 Å². The van der Waals surface area contributed by atoms with Crippen LogP contribution >= 0.6 is 11.3 Å². The molecule has 13 heavy (non-hydrogen) atoms. The molecule has 2 amide bonds. The third-order valence-electron chi connectivity index (χ3n) is 1.22. The van der Waals surface area contributed by atoms with Crippen LogP contribution in [0.2, 0.25) is 0 Å². The highest BCUT2D eigenvalue weighted by molar-refractivity contribution is 7.09. The Morgan fingerprint density at radius 1 is 1.54 bits per heavy atom. The van der Waals surface area contributed by atoms with Crippen molar-refractivity contribution in [1.82, 2.24) is 15.7 Å². The molecule has 1 aromatic heterocycles. The molecule has 0 aromatic carbocycles. The van der Waals surface area contributed by atoms with Gasteiger partial charge in [0.15, 0.2) is 0 Å². The van der Waals surface area contributed by atoms with Gasteiger partial charge in [-0.05, 0) is 0 Å². The van der Waals surface area contributed by atoms with E-state index in [1.807, 2.05) is 0 Å². The molecule has 0 unspecified atom stereocenters. The molecule has 0 atom stereocenters. The highest BCUT2D eigenvalue weighted by Crippen LogP contribution is 2.02. The van der Waals surface area contributed by atoms with Crippen molar-refractivity contribution in [3.8, 4) is 0 Å². The molecule has 1 heterocycles. The number of hydrogen-bond donors (Lipinski definition) is 3. The molecule has 4 N–H and O–H groups in total. The number of thiazole rings is 1. The summed E-state index contributed by atoms with van der Waals surface area (Å²) < 4.78 is 0. The first-order chi connectivity index (χ1) is 6.24. The fourth-order valence-corrected chi connectivity index (χ4v) is 1.20. The number of rotatable bonds is 2. The monoisotopic (exact) mass is 200 g/mol. The summed E-state index contributed by atoms with van der Waals surface area (Å²) in [5.74, 6) is 3.12. The first-order valence-corrected chi connectivity index (χ1v) is 4.29. The minimum absolute atomic E-state index is 0.240. The number of nitrogens with two attached hydrogens (primary N) is 1. The van der Waals surface area contributed by atoms with Gasteiger partial charge in [-0.15, -0.1) is 11.3 Å². The van der Waals surface area contributed by atoms with E-state index in [1.165, 1.54) is 11.3 Å². The van der Waals surface area contributed by atoms with Gasteiger partial charge in [-0.1, -0.05) is 0 Å². The topological polar surface area (TPSA) is 97.1 Å². The number of aromatic nitrogens is 1. The number of nitrogens with zero attached hydrogens (tertiary/aromatic N) is 1. The summed E-state index contributed by atoms with van der Waals surface area (Å²) in [6.07, 6.45) is 1.62. The van der Waals surface area contributed by atoms with E-state index in [9.17, 15) is 9.59 Å². The largest absolute Gasteiger partial charge is 0.341 e. The SMILES string of the molecule is NNC(=O)C(=O)NCc1nccs1. The second-order valence-corrected chi connectivity index (χ2v) is 3.06. The van der Waals surface area contributed by atoms with Crippen molar-refractivity contribution in [2.24, 2.45) is 5.84 Å². The van der Waals surface area contributed by atoms with Gasteiger partial charge in [0.1, 0.15) is 5.01 Å². The lowest BCUT2D eigenvalue weighted by Gasteiger charge is -2.00. The van der Waals surface area contributed by atoms with Gasteiger partial charge >= 0.3 is 11.8 Å². The quantitative estimate of drug-likeness (QED) is 0.240. The van der Waals surface area contributed by atoms with E-state index in [2.05, 4.69) is 10.3 Å². The lowest BCUT2D eigenvalue weighted by Crippen LogP contribution is -2.42. The highest BCUT2D eigenvalue weighted by atomic mass is 32.1. The number of hydrazine groups is 1. The Bertz CT molecular complexity index is 298. The molecule has 0 spiro atoms. The molecule has 1 rings (SSSR count). The first-order valence-electron chi connectivity index (χ1n) is 3.41. The molecule has 6 nitrogen and oxygen atoms in total. The van der Waals surface area contributed by atoms with Crippen LogP contribution in [0.1, 0.15) is 5.01 Å². The molecule has 0 aliphatic carbocycles. The van der Waals surface area contributed by atoms with Crippen LogP contribution in [0, 0.1) is 0 Å². The zero-order valence-electron chi connectivity index (χ0n) is 6.61. The molecule has 70 valence electrons. The van der Waals surface area contributed by atoms with Crippen molar-refractivity contribution < 1.29 is 9.59 Å². The lowest BCUT2D eigenvalue weighted by atomic mass is 10.5. The second kappa shape index (κ2) is 4.53. The maximum Gasteiger partial charge on any atom is 0.323 e. The summed E-state index contributed by atoms with van der Waals surface area (Å²) in [6, 6.07) is 0. The van der Waals surface area contributed by atoms with Crippen molar-refractivity contribution in [2.75, 3.05) is 0 Å². The number of amides is 2. The van der Waals surface area contributed by atoms with Crippen molar-refractivity contribution in [2.45, 2.75) is 6.54 Å². The van der Waals surface area contributed by atoms with Gasteiger partial charge in [0.2, 0.25) is 0 Å². The summed E-state index contributed by atoms with van der Waals surface area (Å²) in [4.78, 5) is 25.4. The van der Waals surface area contributed by atoms with Gasteiger partial charge in [0, 0.05) is 11.6 Å². The van der Waals surface area contributed by atoms with Gasteiger partial charge < -0.3 is 5.32 Å². The number of hydrogen-bond acceptors (Lipinski definition) is 5. The summed E-state index contributed by atoms with van der Waals surface area (Å²) in [7, 11) is 0. The molecular formula is C6H8N4O2S. The minimum atomic E-state index is -0.864. The van der Waals surface area contributed by atoms with Gasteiger partial charge in [-0.2, -0.15) is 0 Å². The Kier molecular flexibility index (Phi) is 3.35. The molecule has 0 fully saturated rings. The van der Waals surface area contributed by atoms with Crippen LogP contribution in [0.25, 0.3) is 0 Å². The fourth-order valence-electron chi connectivity index (χ4n) is 0.642. The normalized spacial score (nSPS) is 9.31. The Labute approximate surface area is 78.1 Å². The van der Waals surface area contributed by atoms with E-state index in [4.69, 9.17) is 5.84 Å². The molecule has 0 saturated heterocycles. The standard InChI is InChI=1S/C6H8N4O2S/c7-10-6(12)5(11)9-3-4-8-1-2-13-4/h1-2H,3,7H2,(H,9,11)(H,10,12). The Morgan fingerprint density at radius 2 is 2.31 bits per heavy atom. The summed E-state index contributed by atoms with van der Waals surface area (Å²) in [6.45, 7) is 0.240. The van der Waals surface area contributed by atoms with E-state index >= 15 is 0 Å². The van der Waals surface area contributed by atoms with Crippen molar-refractivity contribution in [3.63, 3.8) is 0 Å². The number of nitrogens with one attached hydrogen (secondary N) is 2. The van der Waals surface area contributed by atoms with Gasteiger partial charge in [-0.3, -0.25) is 15.0 Å². The molecule has 0 saturated carbocycles. The maximum absolute atomic E-state index is 10.8. The van der Waals surface area contributed by atoms with Crippen LogP contribution in [-0.2, 0) is 16.1 Å². The van der Waals surface area contributed by atoms with E-state index in [-0.39, 0.29) is 6.54 Å².